The van der Waals surface area contributed by atoms with E-state index in [4.69, 9.17) is 10.4 Å². The molecule has 1 amide bonds. The zero-order valence-corrected chi connectivity index (χ0v) is 7.60. The van der Waals surface area contributed by atoms with E-state index in [0.717, 1.165) is 0 Å². The summed E-state index contributed by atoms with van der Waals surface area (Å²) in [7, 11) is 0. The number of nitrogens with one attached hydrogen (secondary N) is 1. The van der Waals surface area contributed by atoms with Crippen LogP contribution in [0.3, 0.4) is 0 Å². The molecule has 1 heterocycles. The minimum atomic E-state index is -0.238. The van der Waals surface area contributed by atoms with E-state index in [9.17, 15) is 4.79 Å². The third-order valence-corrected chi connectivity index (χ3v) is 1.76. The van der Waals surface area contributed by atoms with Crippen molar-refractivity contribution in [3.8, 4) is 6.07 Å². The van der Waals surface area contributed by atoms with Crippen LogP contribution in [0, 0.1) is 11.3 Å². The van der Waals surface area contributed by atoms with Gasteiger partial charge in [0.25, 0.3) is 0 Å². The lowest BCUT2D eigenvalue weighted by Gasteiger charge is -2.06. The van der Waals surface area contributed by atoms with E-state index in [0.29, 0.717) is 5.69 Å². The van der Waals surface area contributed by atoms with Crippen LogP contribution in [0.25, 0.3) is 0 Å². The minimum Gasteiger partial charge on any atom is -0.390 e. The van der Waals surface area contributed by atoms with Crippen LogP contribution < -0.4 is 5.32 Å². The predicted molar refractivity (Wildman–Crippen MR) is 49.0 cm³/mol. The summed E-state index contributed by atoms with van der Waals surface area (Å²) in [5.74, 6) is -0.238. The average Bonchev–Trinajstić information content (AvgIpc) is 2.62. The van der Waals surface area contributed by atoms with E-state index in [1.807, 2.05) is 6.07 Å². The number of hydrogen-bond acceptors (Lipinski definition) is 3. The number of carbonyl (C=O) groups excluding carboxylic acids is 1. The summed E-state index contributed by atoms with van der Waals surface area (Å²) >= 11 is 0. The third-order valence-electron chi connectivity index (χ3n) is 1.76. The summed E-state index contributed by atoms with van der Waals surface area (Å²) in [6.45, 7) is 0.0393. The lowest BCUT2D eigenvalue weighted by Crippen LogP contribution is -2.28. The van der Waals surface area contributed by atoms with Gasteiger partial charge in [-0.25, -0.2) is 0 Å². The number of hydrogen-bond donors (Lipinski definition) is 2. The average molecular weight is 193 g/mol. The van der Waals surface area contributed by atoms with Crippen molar-refractivity contribution in [2.75, 3.05) is 6.54 Å². The summed E-state index contributed by atoms with van der Waals surface area (Å²) in [5.41, 5.74) is 0.678. The van der Waals surface area contributed by atoms with Crippen LogP contribution in [0.1, 0.15) is 5.69 Å². The van der Waals surface area contributed by atoms with Crippen LogP contribution in [-0.4, -0.2) is 22.1 Å². The molecular formula is C9H11N3O2. The summed E-state index contributed by atoms with van der Waals surface area (Å²) in [5, 5.41) is 19.5. The fraction of sp³-hybridized carbons (Fsp3) is 0.333. The highest BCUT2D eigenvalue weighted by atomic mass is 16.3. The van der Waals surface area contributed by atoms with Crippen LogP contribution in [0.4, 0.5) is 0 Å². The molecule has 5 nitrogen and oxygen atoms in total. The fourth-order valence-electron chi connectivity index (χ4n) is 1.10. The Hall–Kier alpha value is -1.80. The van der Waals surface area contributed by atoms with Crippen molar-refractivity contribution in [1.29, 1.82) is 5.26 Å². The number of nitrogens with zero attached hydrogens (tertiary/aromatic N) is 2. The van der Waals surface area contributed by atoms with Gasteiger partial charge in [0, 0.05) is 11.9 Å². The van der Waals surface area contributed by atoms with Crippen molar-refractivity contribution in [3.63, 3.8) is 0 Å². The Morgan fingerprint density at radius 3 is 3.14 bits per heavy atom. The monoisotopic (exact) mass is 193 g/mol. The first-order valence-electron chi connectivity index (χ1n) is 4.16. The van der Waals surface area contributed by atoms with Gasteiger partial charge >= 0.3 is 0 Å². The highest BCUT2D eigenvalue weighted by molar-refractivity contribution is 5.76. The van der Waals surface area contributed by atoms with E-state index in [-0.39, 0.29) is 25.6 Å². The van der Waals surface area contributed by atoms with Gasteiger partial charge in [-0.3, -0.25) is 4.79 Å². The number of nitriles is 1. The molecule has 0 aromatic carbocycles. The SMILES string of the molecule is N#CCNC(=O)Cn1cccc1CO. The molecule has 1 rings (SSSR count). The second-order valence-corrected chi connectivity index (χ2v) is 2.72. The second-order valence-electron chi connectivity index (χ2n) is 2.72. The molecule has 0 bridgehead atoms. The van der Waals surface area contributed by atoms with Crippen molar-refractivity contribution in [2.45, 2.75) is 13.2 Å². The van der Waals surface area contributed by atoms with E-state index in [1.54, 1.807) is 22.9 Å². The van der Waals surface area contributed by atoms with Crippen molar-refractivity contribution < 1.29 is 9.90 Å². The van der Waals surface area contributed by atoms with Crippen LogP contribution in [0.2, 0.25) is 0 Å². The smallest absolute Gasteiger partial charge is 0.240 e. The minimum absolute atomic E-state index is 0.00849. The second kappa shape index (κ2) is 5.04. The molecule has 74 valence electrons. The lowest BCUT2D eigenvalue weighted by atomic mass is 10.4. The van der Waals surface area contributed by atoms with Crippen molar-refractivity contribution in [1.82, 2.24) is 9.88 Å². The topological polar surface area (TPSA) is 78.0 Å². The van der Waals surface area contributed by atoms with Gasteiger partial charge in [0.05, 0.1) is 12.7 Å². The molecule has 0 fully saturated rings. The Morgan fingerprint density at radius 2 is 2.50 bits per heavy atom. The molecule has 2 N–H and O–H groups in total. The standard InChI is InChI=1S/C9H11N3O2/c10-3-4-11-9(14)6-12-5-1-2-8(12)7-13/h1-2,5,13H,4,6-7H2,(H,11,14). The number of aliphatic hydroxyl groups is 1. The number of rotatable bonds is 4. The van der Waals surface area contributed by atoms with Crippen LogP contribution in [0.5, 0.6) is 0 Å². The molecule has 1 aromatic rings. The molecule has 5 heteroatoms. The molecule has 0 aliphatic rings. The van der Waals surface area contributed by atoms with Crippen LogP contribution in [-0.2, 0) is 17.9 Å². The predicted octanol–water partition coefficient (Wildman–Crippen LogP) is -0.380. The van der Waals surface area contributed by atoms with E-state index in [1.165, 1.54) is 0 Å². The van der Waals surface area contributed by atoms with E-state index < -0.39 is 0 Å². The Bertz CT molecular complexity index is 351. The quantitative estimate of drug-likeness (QED) is 0.640. The van der Waals surface area contributed by atoms with Crippen molar-refractivity contribution in [2.24, 2.45) is 0 Å². The highest BCUT2D eigenvalue weighted by Gasteiger charge is 2.04. The first-order valence-corrected chi connectivity index (χ1v) is 4.16. The molecule has 0 spiro atoms. The zero-order chi connectivity index (χ0) is 10.4. The Balaban J connectivity index is 2.52. The molecule has 0 saturated heterocycles. The third kappa shape index (κ3) is 2.61. The summed E-state index contributed by atoms with van der Waals surface area (Å²) in [4.78, 5) is 11.2. The molecular weight excluding hydrogens is 182 g/mol. The van der Waals surface area contributed by atoms with Crippen molar-refractivity contribution in [3.05, 3.63) is 24.0 Å². The first-order chi connectivity index (χ1) is 6.77. The van der Waals surface area contributed by atoms with Gasteiger partial charge in [0.1, 0.15) is 13.1 Å². The molecule has 0 radical (unpaired) electrons. The number of aliphatic hydroxyl groups excluding tert-OH is 1. The van der Waals surface area contributed by atoms with Gasteiger partial charge in [-0.2, -0.15) is 5.26 Å². The molecule has 14 heavy (non-hydrogen) atoms. The molecule has 0 unspecified atom stereocenters. The fourth-order valence-corrected chi connectivity index (χ4v) is 1.10. The maximum atomic E-state index is 11.2. The summed E-state index contributed by atoms with van der Waals surface area (Å²) in [6.07, 6.45) is 1.71. The van der Waals surface area contributed by atoms with Gasteiger partial charge in [-0.15, -0.1) is 0 Å². The first kappa shape index (κ1) is 10.3. The summed E-state index contributed by atoms with van der Waals surface area (Å²) in [6, 6.07) is 5.30. The van der Waals surface area contributed by atoms with Crippen molar-refractivity contribution >= 4 is 5.91 Å². The van der Waals surface area contributed by atoms with Gasteiger partial charge < -0.3 is 15.0 Å². The van der Waals surface area contributed by atoms with Gasteiger partial charge in [-0.1, -0.05) is 0 Å². The molecule has 1 aromatic heterocycles. The maximum absolute atomic E-state index is 11.2. The molecule has 0 aliphatic carbocycles. The normalized spacial score (nSPS) is 9.43. The zero-order valence-electron chi connectivity index (χ0n) is 7.60. The maximum Gasteiger partial charge on any atom is 0.240 e. The Morgan fingerprint density at radius 1 is 1.71 bits per heavy atom. The van der Waals surface area contributed by atoms with Gasteiger partial charge in [0.15, 0.2) is 0 Å². The van der Waals surface area contributed by atoms with E-state index in [2.05, 4.69) is 5.32 Å². The largest absolute Gasteiger partial charge is 0.390 e. The Kier molecular flexibility index (Phi) is 3.70. The summed E-state index contributed by atoms with van der Waals surface area (Å²) < 4.78 is 1.63. The van der Waals surface area contributed by atoms with Gasteiger partial charge in [-0.05, 0) is 12.1 Å². The molecule has 0 atom stereocenters. The highest BCUT2D eigenvalue weighted by Crippen LogP contribution is 2.01. The number of aromatic nitrogens is 1. The Labute approximate surface area is 81.6 Å². The number of carbonyl (C=O) groups is 1. The van der Waals surface area contributed by atoms with Gasteiger partial charge in [0.2, 0.25) is 5.91 Å². The molecule has 0 saturated carbocycles. The van der Waals surface area contributed by atoms with Crippen LogP contribution >= 0.6 is 0 Å². The molecule has 0 aliphatic heterocycles. The lowest BCUT2D eigenvalue weighted by molar-refractivity contribution is -0.121. The van der Waals surface area contributed by atoms with Crippen LogP contribution in [0.15, 0.2) is 18.3 Å². The van der Waals surface area contributed by atoms with E-state index >= 15 is 0 Å². The number of amides is 1.